The van der Waals surface area contributed by atoms with Crippen molar-refractivity contribution in [3.63, 3.8) is 0 Å². The molecule has 0 aliphatic heterocycles. The first-order valence-electron chi connectivity index (χ1n) is 19.2. The van der Waals surface area contributed by atoms with E-state index in [-0.39, 0.29) is 0 Å². The Labute approximate surface area is 327 Å². The molecular weight excluding hydrogens is 677 g/mol. The molecule has 264 valence electrons. The molecule has 0 spiro atoms. The fourth-order valence-corrected chi connectivity index (χ4v) is 8.22. The average molecular weight is 715 g/mol. The largest absolute Gasteiger partial charge is 0.356 e. The van der Waals surface area contributed by atoms with Crippen LogP contribution in [0.25, 0.3) is 65.7 Å². The molecule has 10 rings (SSSR count). The molecule has 0 atom stereocenters. The van der Waals surface area contributed by atoms with Crippen molar-refractivity contribution in [2.45, 2.75) is 0 Å². The molecule has 0 saturated heterocycles. The van der Waals surface area contributed by atoms with Crippen molar-refractivity contribution in [2.24, 2.45) is 0 Å². The van der Waals surface area contributed by atoms with Crippen LogP contribution >= 0.6 is 0 Å². The van der Waals surface area contributed by atoms with Crippen LogP contribution in [0.15, 0.2) is 224 Å². The average Bonchev–Trinajstić information content (AvgIpc) is 3.27. The summed E-state index contributed by atoms with van der Waals surface area (Å²) in [6.45, 7) is 0. The molecule has 0 aliphatic carbocycles. The summed E-state index contributed by atoms with van der Waals surface area (Å²) in [6.07, 6.45) is 0. The Kier molecular flexibility index (Phi) is 8.55. The lowest BCUT2D eigenvalue weighted by Gasteiger charge is -2.28. The molecule has 1 N–H and O–H groups in total. The molecule has 2 heteroatoms. The summed E-state index contributed by atoms with van der Waals surface area (Å²) in [5.74, 6) is 0. The third-order valence-electron chi connectivity index (χ3n) is 10.8. The molecule has 10 aromatic carbocycles. The van der Waals surface area contributed by atoms with Gasteiger partial charge in [0.1, 0.15) is 0 Å². The van der Waals surface area contributed by atoms with Crippen LogP contribution in [0.3, 0.4) is 0 Å². The number of hydrogen-bond donors (Lipinski definition) is 1. The zero-order valence-corrected chi connectivity index (χ0v) is 30.8. The summed E-state index contributed by atoms with van der Waals surface area (Å²) >= 11 is 0. The van der Waals surface area contributed by atoms with Crippen LogP contribution in [-0.2, 0) is 0 Å². The molecule has 0 fully saturated rings. The Morgan fingerprint density at radius 2 is 0.804 bits per heavy atom. The monoisotopic (exact) mass is 714 g/mol. The minimum Gasteiger partial charge on any atom is -0.356 e. The smallest absolute Gasteiger partial charge is 0.0540 e. The van der Waals surface area contributed by atoms with Gasteiger partial charge in [0.05, 0.1) is 5.69 Å². The first kappa shape index (κ1) is 33.2. The zero-order valence-electron chi connectivity index (χ0n) is 30.8. The predicted molar refractivity (Wildman–Crippen MR) is 240 cm³/mol. The number of benzene rings is 10. The Bertz CT molecular complexity index is 2950. The van der Waals surface area contributed by atoms with Crippen molar-refractivity contribution in [1.29, 1.82) is 0 Å². The Hall–Kier alpha value is -7.42. The third kappa shape index (κ3) is 6.14. The Morgan fingerprint density at radius 3 is 1.52 bits per heavy atom. The molecule has 0 heterocycles. The molecule has 0 aliphatic rings. The number of rotatable bonds is 8. The number of nitrogens with one attached hydrogen (secondary N) is 1. The van der Waals surface area contributed by atoms with Gasteiger partial charge in [0.2, 0.25) is 0 Å². The van der Waals surface area contributed by atoms with Gasteiger partial charge in [0.15, 0.2) is 0 Å². The van der Waals surface area contributed by atoms with Crippen molar-refractivity contribution in [1.82, 2.24) is 0 Å². The highest BCUT2D eigenvalue weighted by Gasteiger charge is 2.21. The summed E-state index contributed by atoms with van der Waals surface area (Å²) in [5, 5.41) is 10.9. The van der Waals surface area contributed by atoms with Crippen LogP contribution in [0.1, 0.15) is 0 Å². The summed E-state index contributed by atoms with van der Waals surface area (Å²) < 4.78 is 0. The van der Waals surface area contributed by atoms with Gasteiger partial charge in [-0.3, -0.25) is 0 Å². The van der Waals surface area contributed by atoms with Gasteiger partial charge >= 0.3 is 0 Å². The van der Waals surface area contributed by atoms with Crippen LogP contribution in [-0.4, -0.2) is 0 Å². The normalized spacial score (nSPS) is 11.2. The quantitative estimate of drug-likeness (QED) is 0.158. The number of hydrogen-bond acceptors (Lipinski definition) is 2. The standard InChI is InChI=1S/C54H38N2/c1-5-16-38(17-6-1)39-28-30-42(31-29-39)54-49-35-33-46(56(45-24-11-4-12-25-45)52-27-15-21-40-18-13-14-26-47(40)52)37-51(49)53(41-19-7-2-8-20-41)48-34-32-44(36-50(48)54)55-43-22-9-3-10-23-43/h1-37,55H. The predicted octanol–water partition coefficient (Wildman–Crippen LogP) is 15.4. The van der Waals surface area contributed by atoms with E-state index in [4.69, 9.17) is 0 Å². The Morgan fingerprint density at radius 1 is 0.286 bits per heavy atom. The number of para-hydroxylation sites is 2. The molecule has 10 aromatic rings. The summed E-state index contributed by atoms with van der Waals surface area (Å²) in [4.78, 5) is 2.40. The van der Waals surface area contributed by atoms with Gasteiger partial charge in [-0.15, -0.1) is 0 Å². The van der Waals surface area contributed by atoms with E-state index in [0.717, 1.165) is 28.4 Å². The van der Waals surface area contributed by atoms with Gasteiger partial charge in [0, 0.05) is 28.1 Å². The molecule has 0 bridgehead atoms. The van der Waals surface area contributed by atoms with Gasteiger partial charge in [0.25, 0.3) is 0 Å². The number of anilines is 5. The van der Waals surface area contributed by atoms with Gasteiger partial charge in [-0.1, -0.05) is 170 Å². The molecule has 0 amide bonds. The third-order valence-corrected chi connectivity index (χ3v) is 10.8. The van der Waals surface area contributed by atoms with E-state index in [1.54, 1.807) is 0 Å². The SMILES string of the molecule is c1ccc(Nc2ccc3c(-c4ccccc4)c4cc(N(c5ccccc5)c5cccc6ccccc56)ccc4c(-c4ccc(-c5ccccc5)cc4)c3c2)cc1. The van der Waals surface area contributed by atoms with Crippen molar-refractivity contribution < 1.29 is 0 Å². The summed E-state index contributed by atoms with van der Waals surface area (Å²) in [6, 6.07) is 80.8. The first-order chi connectivity index (χ1) is 27.8. The molecule has 2 nitrogen and oxygen atoms in total. The highest BCUT2D eigenvalue weighted by atomic mass is 15.1. The molecule has 0 saturated carbocycles. The lowest BCUT2D eigenvalue weighted by atomic mass is 9.85. The van der Waals surface area contributed by atoms with E-state index in [0.29, 0.717) is 0 Å². The van der Waals surface area contributed by atoms with E-state index >= 15 is 0 Å². The van der Waals surface area contributed by atoms with Gasteiger partial charge < -0.3 is 10.2 Å². The second-order valence-corrected chi connectivity index (χ2v) is 14.2. The second kappa shape index (κ2) is 14.4. The van der Waals surface area contributed by atoms with Crippen molar-refractivity contribution >= 4 is 60.8 Å². The molecule has 0 unspecified atom stereocenters. The van der Waals surface area contributed by atoms with Crippen LogP contribution in [0.4, 0.5) is 28.4 Å². The lowest BCUT2D eigenvalue weighted by molar-refractivity contribution is 1.30. The maximum Gasteiger partial charge on any atom is 0.0540 e. The van der Waals surface area contributed by atoms with Crippen LogP contribution < -0.4 is 10.2 Å². The van der Waals surface area contributed by atoms with Crippen LogP contribution in [0.5, 0.6) is 0 Å². The van der Waals surface area contributed by atoms with Crippen molar-refractivity contribution in [2.75, 3.05) is 10.2 Å². The summed E-state index contributed by atoms with van der Waals surface area (Å²) in [7, 11) is 0. The maximum atomic E-state index is 3.68. The van der Waals surface area contributed by atoms with Gasteiger partial charge in [-0.05, 0) is 115 Å². The topological polar surface area (TPSA) is 15.3 Å². The van der Waals surface area contributed by atoms with Gasteiger partial charge in [-0.25, -0.2) is 0 Å². The molecule has 56 heavy (non-hydrogen) atoms. The van der Waals surface area contributed by atoms with E-state index in [1.807, 2.05) is 0 Å². The molecule has 0 aromatic heterocycles. The van der Waals surface area contributed by atoms with E-state index in [1.165, 1.54) is 65.7 Å². The van der Waals surface area contributed by atoms with E-state index in [9.17, 15) is 0 Å². The zero-order chi connectivity index (χ0) is 37.3. The lowest BCUT2D eigenvalue weighted by Crippen LogP contribution is -2.10. The second-order valence-electron chi connectivity index (χ2n) is 14.2. The fourth-order valence-electron chi connectivity index (χ4n) is 8.22. The first-order valence-corrected chi connectivity index (χ1v) is 19.2. The summed E-state index contributed by atoms with van der Waals surface area (Å²) in [5.41, 5.74) is 12.7. The minimum absolute atomic E-state index is 1.05. The van der Waals surface area contributed by atoms with Crippen LogP contribution in [0, 0.1) is 0 Å². The van der Waals surface area contributed by atoms with E-state index < -0.39 is 0 Å². The maximum absolute atomic E-state index is 3.68. The van der Waals surface area contributed by atoms with Crippen LogP contribution in [0.2, 0.25) is 0 Å². The number of fused-ring (bicyclic) bond motifs is 3. The molecule has 0 radical (unpaired) electrons. The van der Waals surface area contributed by atoms with Gasteiger partial charge in [-0.2, -0.15) is 0 Å². The van der Waals surface area contributed by atoms with Crippen molar-refractivity contribution in [3.8, 4) is 33.4 Å². The minimum atomic E-state index is 1.05. The number of nitrogens with zero attached hydrogens (tertiary/aromatic N) is 1. The highest BCUT2D eigenvalue weighted by molar-refractivity contribution is 6.22. The van der Waals surface area contributed by atoms with E-state index in [2.05, 4.69) is 235 Å². The van der Waals surface area contributed by atoms with Crippen molar-refractivity contribution in [3.05, 3.63) is 224 Å². The highest BCUT2D eigenvalue weighted by Crippen LogP contribution is 2.48. The fraction of sp³-hybridized carbons (Fsp3) is 0. The molecular formula is C54H38N2. The Balaban J connectivity index is 1.27.